The van der Waals surface area contributed by atoms with Gasteiger partial charge in [0.25, 0.3) is 10.0 Å². The first-order valence-corrected chi connectivity index (χ1v) is 12.6. The summed E-state index contributed by atoms with van der Waals surface area (Å²) in [4.78, 5) is 14.3. The monoisotopic (exact) mass is 457 g/mol. The molecule has 0 aromatic heterocycles. The number of urea groups is 1. The van der Waals surface area contributed by atoms with Gasteiger partial charge < -0.3 is 10.2 Å². The van der Waals surface area contributed by atoms with Gasteiger partial charge in [0.1, 0.15) is 0 Å². The van der Waals surface area contributed by atoms with Crippen molar-refractivity contribution in [1.82, 2.24) is 10.0 Å². The average Bonchev–Trinajstić information content (AvgIpc) is 2.80. The van der Waals surface area contributed by atoms with E-state index >= 15 is 0 Å². The smallest absolute Gasteiger partial charge is 0.328 e. The largest absolute Gasteiger partial charge is 0.372 e. The lowest BCUT2D eigenvalue weighted by atomic mass is 9.96. The molecule has 0 unspecified atom stereocenters. The molecule has 9 heteroatoms. The van der Waals surface area contributed by atoms with Crippen LogP contribution in [-0.2, 0) is 10.0 Å². The summed E-state index contributed by atoms with van der Waals surface area (Å²) in [7, 11) is -3.95. The summed E-state index contributed by atoms with van der Waals surface area (Å²) >= 11 is 0. The van der Waals surface area contributed by atoms with Crippen molar-refractivity contribution >= 4 is 33.1 Å². The number of hydrogen-bond donors (Lipinski definition) is 2. The van der Waals surface area contributed by atoms with Gasteiger partial charge in [0.2, 0.25) is 0 Å². The van der Waals surface area contributed by atoms with Crippen LogP contribution >= 0.6 is 0 Å². The molecule has 0 radical (unpaired) electrons. The minimum Gasteiger partial charge on any atom is -0.372 e. The van der Waals surface area contributed by atoms with E-state index in [9.17, 15) is 13.2 Å². The standard InChI is InChI=1S/C23H31N5O3S/c1-3-28(4-2)21-14-10-19(11-15-21)25-26-20-12-16-22(17-13-20)32(30,31)27-23(29)24-18-8-6-5-7-9-18/h10-18H,3-9H2,1-2H3,(H2,24,27,29)/b26-25+. The molecule has 3 rings (SSSR count). The van der Waals surface area contributed by atoms with Gasteiger partial charge >= 0.3 is 6.03 Å². The summed E-state index contributed by atoms with van der Waals surface area (Å²) in [6.45, 7) is 6.09. The second-order valence-electron chi connectivity index (χ2n) is 7.80. The van der Waals surface area contributed by atoms with Crippen LogP contribution in [0.5, 0.6) is 0 Å². The molecule has 2 aromatic carbocycles. The number of benzene rings is 2. The lowest BCUT2D eigenvalue weighted by molar-refractivity contribution is 0.237. The third-order valence-corrected chi connectivity index (χ3v) is 6.92. The van der Waals surface area contributed by atoms with Crippen LogP contribution in [-0.4, -0.2) is 33.6 Å². The zero-order valence-corrected chi connectivity index (χ0v) is 19.4. The fourth-order valence-corrected chi connectivity index (χ4v) is 4.68. The highest BCUT2D eigenvalue weighted by molar-refractivity contribution is 7.90. The number of sulfonamides is 1. The molecule has 1 aliphatic rings. The van der Waals surface area contributed by atoms with Gasteiger partial charge in [0, 0.05) is 24.8 Å². The van der Waals surface area contributed by atoms with Crippen LogP contribution in [0.15, 0.2) is 63.7 Å². The summed E-state index contributed by atoms with van der Waals surface area (Å²) in [5, 5.41) is 11.1. The molecule has 8 nitrogen and oxygen atoms in total. The zero-order valence-electron chi connectivity index (χ0n) is 18.6. The number of amides is 2. The number of anilines is 1. The van der Waals surface area contributed by atoms with Crippen molar-refractivity contribution in [2.24, 2.45) is 10.2 Å². The summed E-state index contributed by atoms with van der Waals surface area (Å²) in [5.41, 5.74) is 2.35. The second-order valence-corrected chi connectivity index (χ2v) is 9.48. The molecule has 1 saturated carbocycles. The Morgan fingerprint density at radius 1 is 0.906 bits per heavy atom. The van der Waals surface area contributed by atoms with Crippen LogP contribution in [0.1, 0.15) is 46.0 Å². The van der Waals surface area contributed by atoms with E-state index < -0.39 is 16.1 Å². The molecule has 2 N–H and O–H groups in total. The van der Waals surface area contributed by atoms with E-state index in [1.165, 1.54) is 12.1 Å². The number of hydrogen-bond acceptors (Lipinski definition) is 6. The summed E-state index contributed by atoms with van der Waals surface area (Å²) in [5.74, 6) is 0. The van der Waals surface area contributed by atoms with Crippen molar-refractivity contribution in [1.29, 1.82) is 0 Å². The van der Waals surface area contributed by atoms with Gasteiger partial charge in [0.15, 0.2) is 0 Å². The van der Waals surface area contributed by atoms with Crippen molar-refractivity contribution in [3.05, 3.63) is 48.5 Å². The molecule has 0 aliphatic heterocycles. The number of rotatable bonds is 8. The highest BCUT2D eigenvalue weighted by atomic mass is 32.2. The predicted molar refractivity (Wildman–Crippen MR) is 126 cm³/mol. The van der Waals surface area contributed by atoms with Gasteiger partial charge in [-0.25, -0.2) is 17.9 Å². The quantitative estimate of drug-likeness (QED) is 0.527. The molecule has 0 heterocycles. The topological polar surface area (TPSA) is 103 Å². The zero-order chi connectivity index (χ0) is 23.0. The van der Waals surface area contributed by atoms with E-state index in [-0.39, 0.29) is 10.9 Å². The van der Waals surface area contributed by atoms with Gasteiger partial charge in [-0.3, -0.25) is 0 Å². The maximum Gasteiger partial charge on any atom is 0.328 e. The van der Waals surface area contributed by atoms with E-state index in [0.717, 1.165) is 50.9 Å². The van der Waals surface area contributed by atoms with Crippen LogP contribution in [0.25, 0.3) is 0 Å². The van der Waals surface area contributed by atoms with Gasteiger partial charge in [-0.15, -0.1) is 0 Å². The van der Waals surface area contributed by atoms with Crippen molar-refractivity contribution < 1.29 is 13.2 Å². The molecule has 2 amide bonds. The van der Waals surface area contributed by atoms with Crippen molar-refractivity contribution in [3.63, 3.8) is 0 Å². The Hall–Kier alpha value is -2.94. The summed E-state index contributed by atoms with van der Waals surface area (Å²) < 4.78 is 27.0. The molecular formula is C23H31N5O3S. The van der Waals surface area contributed by atoms with Crippen LogP contribution in [0.3, 0.4) is 0 Å². The van der Waals surface area contributed by atoms with Gasteiger partial charge in [-0.1, -0.05) is 19.3 Å². The Bertz CT molecular complexity index is 1010. The van der Waals surface area contributed by atoms with Crippen LogP contribution in [0, 0.1) is 0 Å². The Morgan fingerprint density at radius 3 is 1.97 bits per heavy atom. The third kappa shape index (κ3) is 6.53. The molecule has 1 fully saturated rings. The maximum atomic E-state index is 12.5. The highest BCUT2D eigenvalue weighted by Crippen LogP contribution is 2.23. The molecule has 0 spiro atoms. The predicted octanol–water partition coefficient (Wildman–Crippen LogP) is 5.27. The van der Waals surface area contributed by atoms with Crippen molar-refractivity contribution in [2.75, 3.05) is 18.0 Å². The number of azo groups is 1. The molecule has 32 heavy (non-hydrogen) atoms. The summed E-state index contributed by atoms with van der Waals surface area (Å²) in [6.07, 6.45) is 5.02. The van der Waals surface area contributed by atoms with Gasteiger partial charge in [-0.2, -0.15) is 10.2 Å². The minimum absolute atomic E-state index is 0.00109. The first-order valence-electron chi connectivity index (χ1n) is 11.1. The Balaban J connectivity index is 1.59. The molecule has 172 valence electrons. The van der Waals surface area contributed by atoms with E-state index in [4.69, 9.17) is 0 Å². The number of carbonyl (C=O) groups excluding carboxylic acids is 1. The minimum atomic E-state index is -3.95. The highest BCUT2D eigenvalue weighted by Gasteiger charge is 2.21. The number of carbonyl (C=O) groups is 1. The van der Waals surface area contributed by atoms with E-state index in [1.807, 2.05) is 24.3 Å². The van der Waals surface area contributed by atoms with Crippen molar-refractivity contribution in [2.45, 2.75) is 56.9 Å². The number of nitrogens with one attached hydrogen (secondary N) is 2. The van der Waals surface area contributed by atoms with Crippen molar-refractivity contribution in [3.8, 4) is 0 Å². The number of nitrogens with zero attached hydrogens (tertiary/aromatic N) is 3. The maximum absolute atomic E-state index is 12.5. The van der Waals surface area contributed by atoms with Crippen LogP contribution in [0.2, 0.25) is 0 Å². The van der Waals surface area contributed by atoms with E-state index in [1.54, 1.807) is 12.1 Å². The second kappa shape index (κ2) is 11.1. The first-order chi connectivity index (χ1) is 15.4. The average molecular weight is 458 g/mol. The Kier molecular flexibility index (Phi) is 8.21. The molecule has 2 aromatic rings. The Morgan fingerprint density at radius 2 is 1.44 bits per heavy atom. The van der Waals surface area contributed by atoms with Gasteiger partial charge in [-0.05, 0) is 75.2 Å². The van der Waals surface area contributed by atoms with E-state index in [0.29, 0.717) is 11.4 Å². The lowest BCUT2D eigenvalue weighted by Crippen LogP contribution is -2.45. The Labute approximate surface area is 190 Å². The fourth-order valence-electron chi connectivity index (χ4n) is 3.77. The third-order valence-electron chi connectivity index (χ3n) is 5.57. The van der Waals surface area contributed by atoms with E-state index in [2.05, 4.69) is 39.0 Å². The molecule has 1 aliphatic carbocycles. The SMILES string of the molecule is CCN(CC)c1ccc(/N=N/c2ccc(S(=O)(=O)NC(=O)NC3CCCCC3)cc2)cc1. The molecule has 0 bridgehead atoms. The fraction of sp³-hybridized carbons (Fsp3) is 0.435. The lowest BCUT2D eigenvalue weighted by Gasteiger charge is -2.22. The molecule has 0 atom stereocenters. The molecular weight excluding hydrogens is 426 g/mol. The first kappa shape index (κ1) is 23.7. The van der Waals surface area contributed by atoms with Crippen LogP contribution in [0.4, 0.5) is 21.9 Å². The van der Waals surface area contributed by atoms with Gasteiger partial charge in [0.05, 0.1) is 16.3 Å². The summed E-state index contributed by atoms with van der Waals surface area (Å²) in [6, 6.07) is 13.1. The normalized spacial score (nSPS) is 14.9. The molecule has 0 saturated heterocycles. The van der Waals surface area contributed by atoms with Crippen LogP contribution < -0.4 is 14.9 Å².